The Hall–Kier alpha value is -2.61. The molecule has 0 aliphatic heterocycles. The van der Waals surface area contributed by atoms with Gasteiger partial charge in [0.05, 0.1) is 5.41 Å². The summed E-state index contributed by atoms with van der Waals surface area (Å²) in [6.45, 7) is 3.95. The molecule has 0 bridgehead atoms. The van der Waals surface area contributed by atoms with Gasteiger partial charge in [-0.25, -0.2) is 0 Å². The van der Waals surface area contributed by atoms with Crippen LogP contribution in [0, 0.1) is 0 Å². The van der Waals surface area contributed by atoms with E-state index in [4.69, 9.17) is 0 Å². The van der Waals surface area contributed by atoms with Crippen LogP contribution in [-0.2, 0) is 10.2 Å². The summed E-state index contributed by atoms with van der Waals surface area (Å²) in [5.41, 5.74) is 1.37. The van der Waals surface area contributed by atoms with E-state index in [0.717, 1.165) is 16.6 Å². The van der Waals surface area contributed by atoms with Gasteiger partial charge < -0.3 is 4.90 Å². The topological polar surface area (TPSA) is 20.3 Å². The number of benzene rings is 3. The Balaban J connectivity index is 1.94. The van der Waals surface area contributed by atoms with E-state index in [-0.39, 0.29) is 5.91 Å². The van der Waals surface area contributed by atoms with Gasteiger partial charge >= 0.3 is 0 Å². The lowest BCUT2D eigenvalue weighted by atomic mass is 9.83. The molecule has 0 aliphatic rings. The zero-order valence-corrected chi connectivity index (χ0v) is 13.8. The number of hydrogen-bond donors (Lipinski definition) is 0. The van der Waals surface area contributed by atoms with Crippen molar-refractivity contribution in [1.82, 2.24) is 0 Å². The van der Waals surface area contributed by atoms with Gasteiger partial charge in [0.2, 0.25) is 5.91 Å². The summed E-state index contributed by atoms with van der Waals surface area (Å²) in [5, 5.41) is 2.32. The van der Waals surface area contributed by atoms with Crippen LogP contribution in [0.15, 0.2) is 72.8 Å². The fourth-order valence-corrected chi connectivity index (χ4v) is 2.90. The Bertz CT molecular complexity index is 837. The smallest absolute Gasteiger partial charge is 0.236 e. The minimum absolute atomic E-state index is 0.0824. The second-order valence-electron chi connectivity index (χ2n) is 6.39. The molecule has 0 unspecified atom stereocenters. The normalized spacial score (nSPS) is 11.4. The van der Waals surface area contributed by atoms with Crippen molar-refractivity contribution in [3.05, 3.63) is 78.4 Å². The minimum atomic E-state index is -0.568. The quantitative estimate of drug-likeness (QED) is 0.682. The van der Waals surface area contributed by atoms with Crippen molar-refractivity contribution in [2.45, 2.75) is 19.3 Å². The molecule has 1 amide bonds. The molecule has 0 aromatic heterocycles. The van der Waals surface area contributed by atoms with Crippen molar-refractivity contribution >= 4 is 22.4 Å². The number of anilines is 1. The van der Waals surface area contributed by atoms with Gasteiger partial charge in [-0.15, -0.1) is 0 Å². The van der Waals surface area contributed by atoms with E-state index >= 15 is 0 Å². The number of rotatable bonds is 3. The fraction of sp³-hybridized carbons (Fsp3) is 0.190. The molecular formula is C21H21NO. The third-order valence-electron chi connectivity index (χ3n) is 4.46. The van der Waals surface area contributed by atoms with Crippen molar-refractivity contribution in [2.75, 3.05) is 11.9 Å². The number of likely N-dealkylation sites (N-methyl/N-ethyl adjacent to an activating group) is 1. The summed E-state index contributed by atoms with van der Waals surface area (Å²) in [4.78, 5) is 14.8. The van der Waals surface area contributed by atoms with E-state index in [0.29, 0.717) is 0 Å². The molecule has 0 fully saturated rings. The van der Waals surface area contributed by atoms with Crippen LogP contribution in [0.3, 0.4) is 0 Å². The average Bonchev–Trinajstić information content (AvgIpc) is 2.60. The highest BCUT2D eigenvalue weighted by molar-refractivity contribution is 6.01. The third-order valence-corrected chi connectivity index (χ3v) is 4.46. The van der Waals surface area contributed by atoms with Crippen LogP contribution in [0.4, 0.5) is 5.69 Å². The largest absolute Gasteiger partial charge is 0.315 e. The molecule has 0 saturated carbocycles. The summed E-state index contributed by atoms with van der Waals surface area (Å²) in [5.74, 6) is 0.0824. The van der Waals surface area contributed by atoms with Gasteiger partial charge in [0.15, 0.2) is 0 Å². The van der Waals surface area contributed by atoms with Crippen molar-refractivity contribution in [3.63, 3.8) is 0 Å². The molecule has 116 valence electrons. The number of hydrogen-bond acceptors (Lipinski definition) is 1. The van der Waals surface area contributed by atoms with Crippen LogP contribution < -0.4 is 4.90 Å². The van der Waals surface area contributed by atoms with Crippen LogP contribution in [0.2, 0.25) is 0 Å². The molecule has 0 atom stereocenters. The first-order valence-electron chi connectivity index (χ1n) is 7.82. The number of carbonyl (C=O) groups is 1. The van der Waals surface area contributed by atoms with Crippen molar-refractivity contribution < 1.29 is 4.79 Å². The van der Waals surface area contributed by atoms with Crippen molar-refractivity contribution in [1.29, 1.82) is 0 Å². The monoisotopic (exact) mass is 303 g/mol. The molecule has 2 heteroatoms. The number of fused-ring (bicyclic) bond motifs is 1. The molecule has 0 radical (unpaired) electrons. The maximum absolute atomic E-state index is 13.0. The zero-order valence-electron chi connectivity index (χ0n) is 13.8. The molecule has 3 rings (SSSR count). The van der Waals surface area contributed by atoms with E-state index in [1.54, 1.807) is 4.90 Å². The van der Waals surface area contributed by atoms with Gasteiger partial charge in [0.25, 0.3) is 0 Å². The van der Waals surface area contributed by atoms with Crippen LogP contribution in [0.25, 0.3) is 10.8 Å². The SMILES string of the molecule is CN(C(=O)C(C)(C)c1ccccc1)c1ccc2ccccc2c1. The van der Waals surface area contributed by atoms with Crippen LogP contribution in [-0.4, -0.2) is 13.0 Å². The first-order valence-corrected chi connectivity index (χ1v) is 7.82. The van der Waals surface area contributed by atoms with Gasteiger partial charge in [-0.05, 0) is 42.3 Å². The van der Waals surface area contributed by atoms with Gasteiger partial charge in [0, 0.05) is 12.7 Å². The Morgan fingerprint density at radius 3 is 2.13 bits per heavy atom. The molecule has 3 aromatic rings. The Kier molecular flexibility index (Phi) is 3.91. The highest BCUT2D eigenvalue weighted by Crippen LogP contribution is 2.29. The highest BCUT2D eigenvalue weighted by Gasteiger charge is 2.32. The first kappa shape index (κ1) is 15.3. The zero-order chi connectivity index (χ0) is 16.4. The average molecular weight is 303 g/mol. The number of nitrogens with zero attached hydrogens (tertiary/aromatic N) is 1. The predicted octanol–water partition coefficient (Wildman–Crippen LogP) is 4.78. The lowest BCUT2D eigenvalue weighted by Crippen LogP contribution is -2.41. The second-order valence-corrected chi connectivity index (χ2v) is 6.39. The lowest BCUT2D eigenvalue weighted by molar-refractivity contribution is -0.122. The number of amides is 1. The van der Waals surface area contributed by atoms with Gasteiger partial charge in [0.1, 0.15) is 0 Å². The fourth-order valence-electron chi connectivity index (χ4n) is 2.90. The van der Waals surface area contributed by atoms with E-state index in [1.165, 1.54) is 5.39 Å². The molecule has 0 spiro atoms. The summed E-state index contributed by atoms with van der Waals surface area (Å²) in [6.07, 6.45) is 0. The van der Waals surface area contributed by atoms with Crippen molar-refractivity contribution in [3.8, 4) is 0 Å². The summed E-state index contributed by atoms with van der Waals surface area (Å²) < 4.78 is 0. The lowest BCUT2D eigenvalue weighted by Gasteiger charge is -2.30. The van der Waals surface area contributed by atoms with Crippen LogP contribution >= 0.6 is 0 Å². The van der Waals surface area contributed by atoms with E-state index in [2.05, 4.69) is 24.3 Å². The molecule has 2 nitrogen and oxygen atoms in total. The minimum Gasteiger partial charge on any atom is -0.315 e. The van der Waals surface area contributed by atoms with Gasteiger partial charge in [-0.1, -0.05) is 60.7 Å². The van der Waals surface area contributed by atoms with Crippen LogP contribution in [0.1, 0.15) is 19.4 Å². The van der Waals surface area contributed by atoms with Gasteiger partial charge in [-0.3, -0.25) is 4.79 Å². The molecule has 0 heterocycles. The van der Waals surface area contributed by atoms with E-state index in [1.807, 2.05) is 69.4 Å². The predicted molar refractivity (Wildman–Crippen MR) is 96.8 cm³/mol. The highest BCUT2D eigenvalue weighted by atomic mass is 16.2. The van der Waals surface area contributed by atoms with Crippen LogP contribution in [0.5, 0.6) is 0 Å². The van der Waals surface area contributed by atoms with E-state index in [9.17, 15) is 4.79 Å². The Morgan fingerprint density at radius 1 is 0.826 bits per heavy atom. The second kappa shape index (κ2) is 5.88. The number of carbonyl (C=O) groups excluding carboxylic acids is 1. The third kappa shape index (κ3) is 2.85. The maximum atomic E-state index is 13.0. The molecule has 0 N–H and O–H groups in total. The molecule has 23 heavy (non-hydrogen) atoms. The first-order chi connectivity index (χ1) is 11.0. The molecule has 3 aromatic carbocycles. The summed E-state index contributed by atoms with van der Waals surface area (Å²) >= 11 is 0. The summed E-state index contributed by atoms with van der Waals surface area (Å²) in [7, 11) is 1.84. The van der Waals surface area contributed by atoms with E-state index < -0.39 is 5.41 Å². The standard InChI is InChI=1S/C21H21NO/c1-21(2,18-11-5-4-6-12-18)20(23)22(3)19-14-13-16-9-7-8-10-17(16)15-19/h4-15H,1-3H3. The van der Waals surface area contributed by atoms with Gasteiger partial charge in [-0.2, -0.15) is 0 Å². The van der Waals surface area contributed by atoms with Crippen molar-refractivity contribution in [2.24, 2.45) is 0 Å². The Morgan fingerprint density at radius 2 is 1.43 bits per heavy atom. The molecule has 0 saturated heterocycles. The molecular weight excluding hydrogens is 282 g/mol. The summed E-state index contributed by atoms with van der Waals surface area (Å²) in [6, 6.07) is 24.2. The maximum Gasteiger partial charge on any atom is 0.236 e. The molecule has 0 aliphatic carbocycles. The Labute approximate surface area is 137 Å².